The smallest absolute Gasteiger partial charge is 0.163 e. The van der Waals surface area contributed by atoms with Gasteiger partial charge in [0.1, 0.15) is 6.10 Å². The SMILES string of the molecule is FCCC(=S)OC(c1ccccc1)c1ccccc1. The highest BCUT2D eigenvalue weighted by Gasteiger charge is 2.16. The molecule has 98 valence electrons. The number of rotatable bonds is 5. The van der Waals surface area contributed by atoms with Crippen molar-refractivity contribution in [1.29, 1.82) is 0 Å². The molecule has 2 rings (SSSR count). The van der Waals surface area contributed by atoms with Crippen LogP contribution in [0.1, 0.15) is 23.7 Å². The van der Waals surface area contributed by atoms with E-state index in [-0.39, 0.29) is 12.5 Å². The van der Waals surface area contributed by atoms with Crippen LogP contribution in [0.15, 0.2) is 60.7 Å². The second kappa shape index (κ2) is 7.00. The van der Waals surface area contributed by atoms with E-state index >= 15 is 0 Å². The summed E-state index contributed by atoms with van der Waals surface area (Å²) in [6.45, 7) is -0.491. The van der Waals surface area contributed by atoms with Gasteiger partial charge < -0.3 is 4.74 Å². The highest BCUT2D eigenvalue weighted by atomic mass is 32.1. The van der Waals surface area contributed by atoms with Gasteiger partial charge >= 0.3 is 0 Å². The van der Waals surface area contributed by atoms with Gasteiger partial charge in [-0.2, -0.15) is 0 Å². The Morgan fingerprint density at radius 1 is 0.947 bits per heavy atom. The van der Waals surface area contributed by atoms with Crippen molar-refractivity contribution in [2.45, 2.75) is 12.5 Å². The zero-order valence-electron chi connectivity index (χ0n) is 10.5. The zero-order valence-corrected chi connectivity index (χ0v) is 11.3. The van der Waals surface area contributed by atoms with Crippen LogP contribution >= 0.6 is 12.2 Å². The fourth-order valence-corrected chi connectivity index (χ4v) is 2.03. The molecule has 0 spiro atoms. The molecule has 0 atom stereocenters. The van der Waals surface area contributed by atoms with Gasteiger partial charge in [0, 0.05) is 6.42 Å². The molecule has 0 saturated carbocycles. The summed E-state index contributed by atoms with van der Waals surface area (Å²) in [7, 11) is 0. The van der Waals surface area contributed by atoms with Crippen molar-refractivity contribution in [2.24, 2.45) is 0 Å². The van der Waals surface area contributed by atoms with Gasteiger partial charge in [0.15, 0.2) is 5.05 Å². The maximum Gasteiger partial charge on any atom is 0.163 e. The summed E-state index contributed by atoms with van der Waals surface area (Å²) in [4.78, 5) is 0. The minimum Gasteiger partial charge on any atom is -0.474 e. The summed E-state index contributed by atoms with van der Waals surface area (Å²) in [5.41, 5.74) is 2.02. The van der Waals surface area contributed by atoms with Gasteiger partial charge in [-0.05, 0) is 23.3 Å². The van der Waals surface area contributed by atoms with Crippen LogP contribution in [0.3, 0.4) is 0 Å². The number of hydrogen-bond acceptors (Lipinski definition) is 2. The summed E-state index contributed by atoms with van der Waals surface area (Å²) < 4.78 is 18.1. The lowest BCUT2D eigenvalue weighted by molar-refractivity contribution is 0.231. The Hall–Kier alpha value is -1.74. The molecule has 0 aliphatic rings. The number of alkyl halides is 1. The Kier molecular flexibility index (Phi) is 5.04. The summed E-state index contributed by atoms with van der Waals surface area (Å²) in [5.74, 6) is 0. The minimum atomic E-state index is -0.491. The van der Waals surface area contributed by atoms with Gasteiger partial charge in [0.25, 0.3) is 0 Å². The summed E-state index contributed by atoms with van der Waals surface area (Å²) >= 11 is 5.07. The highest BCUT2D eigenvalue weighted by molar-refractivity contribution is 7.80. The molecule has 2 aromatic carbocycles. The lowest BCUT2D eigenvalue weighted by Gasteiger charge is -2.20. The predicted octanol–water partition coefficient (Wildman–Crippen LogP) is 4.48. The van der Waals surface area contributed by atoms with E-state index < -0.39 is 6.67 Å². The maximum atomic E-state index is 12.3. The first-order valence-corrected chi connectivity index (χ1v) is 6.57. The monoisotopic (exact) mass is 274 g/mol. The number of halogens is 1. The minimum absolute atomic E-state index is 0.158. The Balaban J connectivity index is 2.26. The molecule has 0 unspecified atom stereocenters. The Morgan fingerprint density at radius 3 is 1.84 bits per heavy atom. The van der Waals surface area contributed by atoms with E-state index in [0.717, 1.165) is 11.1 Å². The van der Waals surface area contributed by atoms with E-state index in [9.17, 15) is 4.39 Å². The second-order valence-electron chi connectivity index (χ2n) is 4.13. The molecule has 2 aromatic rings. The van der Waals surface area contributed by atoms with E-state index in [1.807, 2.05) is 60.7 Å². The molecular weight excluding hydrogens is 259 g/mol. The molecule has 0 fully saturated rings. The number of thiocarbonyl (C=S) groups is 1. The van der Waals surface area contributed by atoms with Gasteiger partial charge in [0.05, 0.1) is 6.67 Å². The van der Waals surface area contributed by atoms with Crippen molar-refractivity contribution in [1.82, 2.24) is 0 Å². The average molecular weight is 274 g/mol. The number of hydrogen-bond donors (Lipinski definition) is 0. The van der Waals surface area contributed by atoms with E-state index in [0.29, 0.717) is 5.05 Å². The van der Waals surface area contributed by atoms with Crippen LogP contribution in [0.4, 0.5) is 4.39 Å². The lowest BCUT2D eigenvalue weighted by atomic mass is 10.0. The topological polar surface area (TPSA) is 9.23 Å². The molecule has 0 bridgehead atoms. The molecule has 0 aliphatic carbocycles. The highest BCUT2D eigenvalue weighted by Crippen LogP contribution is 2.26. The molecule has 0 saturated heterocycles. The van der Waals surface area contributed by atoms with Gasteiger partial charge in [-0.25, -0.2) is 0 Å². The fourth-order valence-electron chi connectivity index (χ4n) is 1.85. The van der Waals surface area contributed by atoms with Crippen molar-refractivity contribution < 1.29 is 9.13 Å². The van der Waals surface area contributed by atoms with Crippen LogP contribution in [0.25, 0.3) is 0 Å². The summed E-state index contributed by atoms with van der Waals surface area (Å²) in [6, 6.07) is 19.6. The number of benzene rings is 2. The second-order valence-corrected chi connectivity index (χ2v) is 4.59. The van der Waals surface area contributed by atoms with E-state index in [4.69, 9.17) is 17.0 Å². The van der Waals surface area contributed by atoms with E-state index in [2.05, 4.69) is 0 Å². The third-order valence-electron chi connectivity index (χ3n) is 2.75. The molecule has 1 nitrogen and oxygen atoms in total. The Bertz CT molecular complexity index is 473. The fraction of sp³-hybridized carbons (Fsp3) is 0.188. The standard InChI is InChI=1S/C16H15FOS/c17-12-11-15(19)18-16(13-7-3-1-4-8-13)14-9-5-2-6-10-14/h1-10,16H,11-12H2. The first kappa shape index (κ1) is 13.7. The van der Waals surface area contributed by atoms with Crippen molar-refractivity contribution in [3.8, 4) is 0 Å². The Morgan fingerprint density at radius 2 is 1.42 bits per heavy atom. The third-order valence-corrected chi connectivity index (χ3v) is 3.05. The van der Waals surface area contributed by atoms with Gasteiger partial charge in [-0.1, -0.05) is 60.7 Å². The van der Waals surface area contributed by atoms with Crippen molar-refractivity contribution >= 4 is 17.3 Å². The first-order chi connectivity index (χ1) is 9.31. The van der Waals surface area contributed by atoms with Gasteiger partial charge in [-0.3, -0.25) is 4.39 Å². The van der Waals surface area contributed by atoms with Gasteiger partial charge in [-0.15, -0.1) is 0 Å². The van der Waals surface area contributed by atoms with Crippen LogP contribution in [0, 0.1) is 0 Å². The molecule has 0 heterocycles. The molecule has 3 heteroatoms. The maximum absolute atomic E-state index is 12.3. The molecule has 0 aromatic heterocycles. The summed E-state index contributed by atoms with van der Waals surface area (Å²) in [5, 5.41) is 0.306. The van der Waals surface area contributed by atoms with Crippen LogP contribution in [0.5, 0.6) is 0 Å². The zero-order chi connectivity index (χ0) is 13.5. The van der Waals surface area contributed by atoms with Crippen LogP contribution in [-0.4, -0.2) is 11.7 Å². The van der Waals surface area contributed by atoms with Crippen LogP contribution in [-0.2, 0) is 4.74 Å². The quantitative estimate of drug-likeness (QED) is 0.743. The molecule has 0 N–H and O–H groups in total. The van der Waals surface area contributed by atoms with E-state index in [1.165, 1.54) is 0 Å². The molecule has 19 heavy (non-hydrogen) atoms. The molecular formula is C16H15FOS. The van der Waals surface area contributed by atoms with Gasteiger partial charge in [0.2, 0.25) is 0 Å². The molecule has 0 radical (unpaired) electrons. The normalized spacial score (nSPS) is 10.4. The van der Waals surface area contributed by atoms with Crippen LogP contribution < -0.4 is 0 Å². The van der Waals surface area contributed by atoms with Crippen molar-refractivity contribution in [3.63, 3.8) is 0 Å². The lowest BCUT2D eigenvalue weighted by Crippen LogP contribution is -2.11. The molecule has 0 aliphatic heterocycles. The van der Waals surface area contributed by atoms with Crippen molar-refractivity contribution in [2.75, 3.05) is 6.67 Å². The van der Waals surface area contributed by atoms with Crippen molar-refractivity contribution in [3.05, 3.63) is 71.8 Å². The summed E-state index contributed by atoms with van der Waals surface area (Å²) in [6.07, 6.45) is -0.118. The Labute approximate surface area is 118 Å². The predicted molar refractivity (Wildman–Crippen MR) is 79.0 cm³/mol. The first-order valence-electron chi connectivity index (χ1n) is 6.16. The number of ether oxygens (including phenoxy) is 1. The van der Waals surface area contributed by atoms with Crippen LogP contribution in [0.2, 0.25) is 0 Å². The molecule has 0 amide bonds. The average Bonchev–Trinajstić information content (AvgIpc) is 2.47. The van der Waals surface area contributed by atoms with E-state index in [1.54, 1.807) is 0 Å². The largest absolute Gasteiger partial charge is 0.474 e. The third kappa shape index (κ3) is 3.86.